The molecule has 2 N–H and O–H groups in total. The van der Waals surface area contributed by atoms with Gasteiger partial charge >= 0.3 is 0 Å². The molecule has 21 heavy (non-hydrogen) atoms. The third kappa shape index (κ3) is 1.96. The second-order valence-corrected chi connectivity index (χ2v) is 6.51. The molecular weight excluding hydrogens is 264 g/mol. The van der Waals surface area contributed by atoms with Crippen molar-refractivity contribution in [2.75, 3.05) is 32.0 Å². The molecule has 116 valence electrons. The van der Waals surface area contributed by atoms with Crippen LogP contribution in [0.15, 0.2) is 0 Å². The Morgan fingerprint density at radius 2 is 1.71 bits per heavy atom. The standard InChI is InChI=1S/C17H26N2O2/c1-10-11(2)16-14(12(3)15(10)18)13(4)17(5,21-16)19-6-8-20-9-7-19/h13H,6-9,18H2,1-5H3. The van der Waals surface area contributed by atoms with Crippen LogP contribution in [0.2, 0.25) is 0 Å². The first kappa shape index (κ1) is 14.7. The van der Waals surface area contributed by atoms with Crippen molar-refractivity contribution in [3.8, 4) is 5.75 Å². The number of ether oxygens (including phenoxy) is 2. The van der Waals surface area contributed by atoms with Gasteiger partial charge in [-0.05, 0) is 44.4 Å². The highest BCUT2D eigenvalue weighted by molar-refractivity contribution is 5.67. The predicted octanol–water partition coefficient (Wildman–Crippen LogP) is 2.74. The summed E-state index contributed by atoms with van der Waals surface area (Å²) in [6.45, 7) is 14.2. The number of fused-ring (bicyclic) bond motifs is 1. The number of hydrogen-bond acceptors (Lipinski definition) is 4. The zero-order valence-corrected chi connectivity index (χ0v) is 13.7. The van der Waals surface area contributed by atoms with E-state index in [9.17, 15) is 0 Å². The summed E-state index contributed by atoms with van der Waals surface area (Å²) in [6.07, 6.45) is 0. The van der Waals surface area contributed by atoms with Gasteiger partial charge < -0.3 is 15.2 Å². The van der Waals surface area contributed by atoms with Crippen molar-refractivity contribution in [2.24, 2.45) is 0 Å². The van der Waals surface area contributed by atoms with Crippen molar-refractivity contribution in [1.82, 2.24) is 4.90 Å². The summed E-state index contributed by atoms with van der Waals surface area (Å²) >= 11 is 0. The molecule has 2 heterocycles. The van der Waals surface area contributed by atoms with Crippen LogP contribution in [0.1, 0.15) is 42.0 Å². The van der Waals surface area contributed by atoms with E-state index in [1.807, 2.05) is 0 Å². The molecule has 4 nitrogen and oxygen atoms in total. The van der Waals surface area contributed by atoms with Crippen LogP contribution in [0, 0.1) is 20.8 Å². The normalized spacial score (nSPS) is 29.3. The largest absolute Gasteiger partial charge is 0.472 e. The smallest absolute Gasteiger partial charge is 0.167 e. The van der Waals surface area contributed by atoms with Gasteiger partial charge in [-0.3, -0.25) is 4.90 Å². The van der Waals surface area contributed by atoms with Crippen molar-refractivity contribution in [3.63, 3.8) is 0 Å². The molecule has 0 saturated carbocycles. The monoisotopic (exact) mass is 290 g/mol. The molecule has 0 radical (unpaired) electrons. The molecule has 1 saturated heterocycles. The Labute approximate surface area is 127 Å². The summed E-state index contributed by atoms with van der Waals surface area (Å²) in [7, 11) is 0. The molecule has 3 rings (SSSR count). The molecule has 1 fully saturated rings. The van der Waals surface area contributed by atoms with E-state index in [4.69, 9.17) is 15.2 Å². The fourth-order valence-corrected chi connectivity index (χ4v) is 3.73. The lowest BCUT2D eigenvalue weighted by Crippen LogP contribution is -2.55. The number of rotatable bonds is 1. The van der Waals surface area contributed by atoms with Gasteiger partial charge in [0, 0.05) is 30.3 Å². The van der Waals surface area contributed by atoms with Crippen LogP contribution in [0.25, 0.3) is 0 Å². The highest BCUT2D eigenvalue weighted by atomic mass is 16.5. The first-order valence-electron chi connectivity index (χ1n) is 7.79. The van der Waals surface area contributed by atoms with Crippen molar-refractivity contribution in [2.45, 2.75) is 46.3 Å². The van der Waals surface area contributed by atoms with E-state index in [-0.39, 0.29) is 5.72 Å². The summed E-state index contributed by atoms with van der Waals surface area (Å²) < 4.78 is 12.0. The number of anilines is 1. The molecule has 0 amide bonds. The quantitative estimate of drug-likeness (QED) is 0.808. The average Bonchev–Trinajstić information content (AvgIpc) is 2.77. The third-order valence-electron chi connectivity index (χ3n) is 5.54. The summed E-state index contributed by atoms with van der Waals surface area (Å²) in [5.41, 5.74) is 11.7. The third-order valence-corrected chi connectivity index (χ3v) is 5.54. The molecule has 2 unspecified atom stereocenters. The Morgan fingerprint density at radius 3 is 2.33 bits per heavy atom. The molecule has 4 heteroatoms. The lowest BCUT2D eigenvalue weighted by molar-refractivity contribution is -0.111. The molecule has 1 aromatic carbocycles. The van der Waals surface area contributed by atoms with Crippen molar-refractivity contribution in [1.29, 1.82) is 0 Å². The maximum Gasteiger partial charge on any atom is 0.167 e. The zero-order valence-electron chi connectivity index (χ0n) is 13.7. The maximum atomic E-state index is 6.51. The highest BCUT2D eigenvalue weighted by Crippen LogP contribution is 2.51. The summed E-state index contributed by atoms with van der Waals surface area (Å²) in [5.74, 6) is 1.34. The van der Waals surface area contributed by atoms with E-state index >= 15 is 0 Å². The molecule has 0 bridgehead atoms. The van der Waals surface area contributed by atoms with Crippen LogP contribution < -0.4 is 10.5 Å². The highest BCUT2D eigenvalue weighted by Gasteiger charge is 2.48. The Hall–Kier alpha value is -1.26. The molecule has 0 aromatic heterocycles. The molecule has 1 aromatic rings. The van der Waals surface area contributed by atoms with Crippen LogP contribution >= 0.6 is 0 Å². The summed E-state index contributed by atoms with van der Waals surface area (Å²) in [5, 5.41) is 0. The maximum absolute atomic E-state index is 6.51. The minimum Gasteiger partial charge on any atom is -0.472 e. The van der Waals surface area contributed by atoms with Crippen molar-refractivity contribution < 1.29 is 9.47 Å². The van der Waals surface area contributed by atoms with Gasteiger partial charge in [0.2, 0.25) is 0 Å². The number of nitrogen functional groups attached to an aromatic ring is 1. The van der Waals surface area contributed by atoms with E-state index in [2.05, 4.69) is 39.5 Å². The SMILES string of the molecule is Cc1c(C)c2c(c(C)c1N)C(C)C(C)(N1CCOCC1)O2. The average molecular weight is 290 g/mol. The minimum absolute atomic E-state index is 0.298. The Bertz CT molecular complexity index is 579. The van der Waals surface area contributed by atoms with Crippen LogP contribution in [0.3, 0.4) is 0 Å². The van der Waals surface area contributed by atoms with Crippen molar-refractivity contribution >= 4 is 5.69 Å². The first-order chi connectivity index (χ1) is 9.88. The predicted molar refractivity (Wildman–Crippen MR) is 84.9 cm³/mol. The van der Waals surface area contributed by atoms with Gasteiger partial charge in [-0.1, -0.05) is 6.92 Å². The number of nitrogens with two attached hydrogens (primary N) is 1. The fraction of sp³-hybridized carbons (Fsp3) is 0.647. The second kappa shape index (κ2) is 4.89. The van der Waals surface area contributed by atoms with Gasteiger partial charge in [0.15, 0.2) is 5.72 Å². The zero-order chi connectivity index (χ0) is 15.4. The molecule has 2 aliphatic rings. The number of morpholine rings is 1. The fourth-order valence-electron chi connectivity index (χ4n) is 3.73. The van der Waals surface area contributed by atoms with Gasteiger partial charge in [-0.2, -0.15) is 0 Å². The van der Waals surface area contributed by atoms with E-state index in [1.54, 1.807) is 0 Å². The van der Waals surface area contributed by atoms with Crippen LogP contribution in [-0.4, -0.2) is 36.9 Å². The van der Waals surface area contributed by atoms with Crippen LogP contribution in [0.4, 0.5) is 5.69 Å². The lowest BCUT2D eigenvalue weighted by atomic mass is 9.86. The van der Waals surface area contributed by atoms with E-state index < -0.39 is 0 Å². The van der Waals surface area contributed by atoms with Crippen LogP contribution in [0.5, 0.6) is 5.75 Å². The molecule has 0 spiro atoms. The summed E-state index contributed by atoms with van der Waals surface area (Å²) in [6, 6.07) is 0. The Balaban J connectivity index is 2.07. The molecule has 2 aliphatic heterocycles. The van der Waals surface area contributed by atoms with Gasteiger partial charge in [0.1, 0.15) is 5.75 Å². The molecule has 0 aliphatic carbocycles. The van der Waals surface area contributed by atoms with E-state index in [1.165, 1.54) is 16.7 Å². The van der Waals surface area contributed by atoms with Gasteiger partial charge in [-0.15, -0.1) is 0 Å². The molecule has 2 atom stereocenters. The summed E-state index contributed by atoms with van der Waals surface area (Å²) in [4.78, 5) is 2.41. The second-order valence-electron chi connectivity index (χ2n) is 6.51. The van der Waals surface area contributed by atoms with E-state index in [0.29, 0.717) is 5.92 Å². The Morgan fingerprint density at radius 1 is 1.10 bits per heavy atom. The first-order valence-corrected chi connectivity index (χ1v) is 7.79. The number of benzene rings is 1. The topological polar surface area (TPSA) is 47.7 Å². The molecular formula is C17H26N2O2. The van der Waals surface area contributed by atoms with Gasteiger partial charge in [0.25, 0.3) is 0 Å². The minimum atomic E-state index is -0.304. The van der Waals surface area contributed by atoms with Crippen molar-refractivity contribution in [3.05, 3.63) is 22.3 Å². The van der Waals surface area contributed by atoms with Crippen LogP contribution in [-0.2, 0) is 4.74 Å². The van der Waals surface area contributed by atoms with Gasteiger partial charge in [0.05, 0.1) is 13.2 Å². The number of hydrogen-bond donors (Lipinski definition) is 1. The lowest BCUT2D eigenvalue weighted by Gasteiger charge is -2.42. The van der Waals surface area contributed by atoms with E-state index in [0.717, 1.165) is 43.3 Å². The Kier molecular flexibility index (Phi) is 3.41. The van der Waals surface area contributed by atoms with Gasteiger partial charge in [-0.25, -0.2) is 0 Å². The number of nitrogens with zero attached hydrogens (tertiary/aromatic N) is 1.